The van der Waals surface area contributed by atoms with Crippen LogP contribution in [0.2, 0.25) is 5.02 Å². The van der Waals surface area contributed by atoms with Crippen LogP contribution in [-0.2, 0) is 4.79 Å². The molecule has 11 heteroatoms. The summed E-state index contributed by atoms with van der Waals surface area (Å²) in [5, 5.41) is 15.0. The molecule has 1 amide bonds. The van der Waals surface area contributed by atoms with Crippen LogP contribution in [0.4, 0.5) is 5.69 Å². The zero-order chi connectivity index (χ0) is 24.5. The number of ether oxygens (including phenoxy) is 3. The van der Waals surface area contributed by atoms with Crippen LogP contribution in [0.1, 0.15) is 15.9 Å². The van der Waals surface area contributed by atoms with Gasteiger partial charge in [0.25, 0.3) is 11.6 Å². The summed E-state index contributed by atoms with van der Waals surface area (Å²) in [6, 6.07) is 16.3. The number of amides is 1. The number of methoxy groups -OCH3 is 1. The Morgan fingerprint density at radius 2 is 1.76 bits per heavy atom. The molecule has 0 atom stereocenters. The standard InChI is InChI=1S/C23H18ClN3O7/c1-32-21-12-15(2-11-20(21)34-23(29)16-3-5-17(24)6-4-16)13-25-26-22(28)14-33-19-9-7-18(8-10-19)27(30)31/h2-13H,14H2,1H3,(H,26,28)/b25-13-. The lowest BCUT2D eigenvalue weighted by molar-refractivity contribution is -0.384. The van der Waals surface area contributed by atoms with E-state index in [1.54, 1.807) is 36.4 Å². The second-order valence-corrected chi connectivity index (χ2v) is 7.08. The molecule has 174 valence electrons. The maximum Gasteiger partial charge on any atom is 0.343 e. The summed E-state index contributed by atoms with van der Waals surface area (Å²) in [4.78, 5) is 34.3. The third-order valence-electron chi connectivity index (χ3n) is 4.29. The van der Waals surface area contributed by atoms with Gasteiger partial charge in [-0.2, -0.15) is 5.10 Å². The van der Waals surface area contributed by atoms with Gasteiger partial charge in [-0.05, 0) is 60.2 Å². The van der Waals surface area contributed by atoms with Gasteiger partial charge in [0.1, 0.15) is 5.75 Å². The van der Waals surface area contributed by atoms with E-state index in [0.29, 0.717) is 27.6 Å². The van der Waals surface area contributed by atoms with Gasteiger partial charge in [0.15, 0.2) is 18.1 Å². The average Bonchev–Trinajstić information content (AvgIpc) is 2.84. The maximum absolute atomic E-state index is 12.3. The summed E-state index contributed by atoms with van der Waals surface area (Å²) >= 11 is 5.82. The lowest BCUT2D eigenvalue weighted by Crippen LogP contribution is -2.24. The maximum atomic E-state index is 12.3. The summed E-state index contributed by atoms with van der Waals surface area (Å²) in [5.74, 6) is -0.302. The number of non-ortho nitro benzene ring substituents is 1. The van der Waals surface area contributed by atoms with E-state index >= 15 is 0 Å². The number of benzene rings is 3. The number of nitrogens with zero attached hydrogens (tertiary/aromatic N) is 2. The van der Waals surface area contributed by atoms with E-state index in [1.807, 2.05) is 0 Å². The van der Waals surface area contributed by atoms with Crippen LogP contribution in [0.5, 0.6) is 17.2 Å². The smallest absolute Gasteiger partial charge is 0.343 e. The SMILES string of the molecule is COc1cc(/C=N\NC(=O)COc2ccc([N+](=O)[O-])cc2)ccc1OC(=O)c1ccc(Cl)cc1. The molecule has 3 aromatic rings. The van der Waals surface area contributed by atoms with Gasteiger partial charge in [0.05, 0.1) is 23.8 Å². The Morgan fingerprint density at radius 1 is 1.06 bits per heavy atom. The number of hydrogen-bond donors (Lipinski definition) is 1. The molecule has 3 rings (SSSR count). The van der Waals surface area contributed by atoms with Crippen molar-refractivity contribution >= 4 is 35.4 Å². The van der Waals surface area contributed by atoms with Crippen molar-refractivity contribution in [3.63, 3.8) is 0 Å². The fraction of sp³-hybridized carbons (Fsp3) is 0.0870. The first-order chi connectivity index (χ1) is 16.4. The highest BCUT2D eigenvalue weighted by Crippen LogP contribution is 2.28. The highest BCUT2D eigenvalue weighted by atomic mass is 35.5. The van der Waals surface area contributed by atoms with Gasteiger partial charge in [0, 0.05) is 17.2 Å². The van der Waals surface area contributed by atoms with Gasteiger partial charge in [-0.15, -0.1) is 0 Å². The molecule has 10 nitrogen and oxygen atoms in total. The Bertz CT molecular complexity index is 1210. The Hall–Kier alpha value is -4.44. The molecule has 1 N–H and O–H groups in total. The molecule has 0 aliphatic rings. The largest absolute Gasteiger partial charge is 0.493 e. The number of rotatable bonds is 9. The Balaban J connectivity index is 1.54. The molecule has 0 fully saturated rings. The fourth-order valence-electron chi connectivity index (χ4n) is 2.62. The average molecular weight is 484 g/mol. The van der Waals surface area contributed by atoms with Crippen LogP contribution < -0.4 is 19.6 Å². The van der Waals surface area contributed by atoms with E-state index in [4.69, 9.17) is 25.8 Å². The predicted octanol–water partition coefficient (Wildman–Crippen LogP) is 4.01. The van der Waals surface area contributed by atoms with Crippen molar-refractivity contribution in [1.29, 1.82) is 0 Å². The van der Waals surface area contributed by atoms with E-state index in [-0.39, 0.29) is 18.0 Å². The molecule has 0 saturated heterocycles. The molecule has 0 spiro atoms. The second-order valence-electron chi connectivity index (χ2n) is 6.64. The molecule has 0 unspecified atom stereocenters. The molecule has 0 bridgehead atoms. The number of nitro benzene ring substituents is 1. The van der Waals surface area contributed by atoms with Gasteiger partial charge in [-0.3, -0.25) is 14.9 Å². The zero-order valence-electron chi connectivity index (χ0n) is 17.8. The van der Waals surface area contributed by atoms with Crippen LogP contribution in [-0.4, -0.2) is 36.7 Å². The molecule has 0 saturated carbocycles. The van der Waals surface area contributed by atoms with E-state index < -0.39 is 16.8 Å². The first-order valence-electron chi connectivity index (χ1n) is 9.70. The first-order valence-corrected chi connectivity index (χ1v) is 10.1. The lowest BCUT2D eigenvalue weighted by Gasteiger charge is -2.10. The van der Waals surface area contributed by atoms with Crippen LogP contribution >= 0.6 is 11.6 Å². The van der Waals surface area contributed by atoms with Crippen LogP contribution in [0.25, 0.3) is 0 Å². The molecule has 0 aliphatic heterocycles. The number of halogens is 1. The van der Waals surface area contributed by atoms with Crippen LogP contribution in [0.15, 0.2) is 71.8 Å². The highest BCUT2D eigenvalue weighted by molar-refractivity contribution is 6.30. The first kappa shape index (κ1) is 24.2. The summed E-state index contributed by atoms with van der Waals surface area (Å²) < 4.78 is 15.9. The molecular formula is C23H18ClN3O7. The van der Waals surface area contributed by atoms with Gasteiger partial charge >= 0.3 is 5.97 Å². The number of carbonyl (C=O) groups excluding carboxylic acids is 2. The molecule has 0 aliphatic carbocycles. The summed E-state index contributed by atoms with van der Waals surface area (Å²) in [6.45, 7) is -0.335. The normalized spacial score (nSPS) is 10.5. The summed E-state index contributed by atoms with van der Waals surface area (Å²) in [6.07, 6.45) is 1.37. The minimum absolute atomic E-state index is 0.0809. The number of hydrogen-bond acceptors (Lipinski definition) is 8. The zero-order valence-corrected chi connectivity index (χ0v) is 18.5. The Morgan fingerprint density at radius 3 is 2.41 bits per heavy atom. The Kier molecular flexibility index (Phi) is 8.14. The summed E-state index contributed by atoms with van der Waals surface area (Å²) in [7, 11) is 1.42. The molecule has 34 heavy (non-hydrogen) atoms. The quantitative estimate of drug-likeness (QED) is 0.160. The van der Waals surface area contributed by atoms with Crippen molar-refractivity contribution in [1.82, 2.24) is 5.43 Å². The minimum atomic E-state index is -0.573. The topological polar surface area (TPSA) is 129 Å². The van der Waals surface area contributed by atoms with Crippen molar-refractivity contribution < 1.29 is 28.7 Å². The predicted molar refractivity (Wildman–Crippen MR) is 124 cm³/mol. The molecule has 3 aromatic carbocycles. The van der Waals surface area contributed by atoms with E-state index in [9.17, 15) is 19.7 Å². The molecular weight excluding hydrogens is 466 g/mol. The third kappa shape index (κ3) is 6.78. The van der Waals surface area contributed by atoms with Crippen molar-refractivity contribution in [2.75, 3.05) is 13.7 Å². The van der Waals surface area contributed by atoms with Gasteiger partial charge in [0.2, 0.25) is 0 Å². The van der Waals surface area contributed by atoms with E-state index in [0.717, 1.165) is 0 Å². The lowest BCUT2D eigenvalue weighted by atomic mass is 10.2. The minimum Gasteiger partial charge on any atom is -0.493 e. The number of carbonyl (C=O) groups is 2. The number of nitrogens with one attached hydrogen (secondary N) is 1. The van der Waals surface area contributed by atoms with Gasteiger partial charge in [-0.1, -0.05) is 11.6 Å². The fourth-order valence-corrected chi connectivity index (χ4v) is 2.74. The van der Waals surface area contributed by atoms with Crippen molar-refractivity contribution in [3.05, 3.63) is 93.0 Å². The number of nitro groups is 1. The van der Waals surface area contributed by atoms with Crippen molar-refractivity contribution in [2.24, 2.45) is 5.10 Å². The van der Waals surface area contributed by atoms with E-state index in [1.165, 1.54) is 43.7 Å². The van der Waals surface area contributed by atoms with Crippen molar-refractivity contribution in [3.8, 4) is 17.2 Å². The molecule has 0 heterocycles. The molecule has 0 radical (unpaired) electrons. The third-order valence-corrected chi connectivity index (χ3v) is 4.54. The van der Waals surface area contributed by atoms with E-state index in [2.05, 4.69) is 10.5 Å². The van der Waals surface area contributed by atoms with Crippen LogP contribution in [0.3, 0.4) is 0 Å². The van der Waals surface area contributed by atoms with Gasteiger partial charge in [-0.25, -0.2) is 10.2 Å². The van der Waals surface area contributed by atoms with Gasteiger partial charge < -0.3 is 14.2 Å². The molecule has 0 aromatic heterocycles. The monoisotopic (exact) mass is 483 g/mol. The summed E-state index contributed by atoms with van der Waals surface area (Å²) in [5.41, 5.74) is 3.12. The number of esters is 1. The Labute approximate surface area is 198 Å². The van der Waals surface area contributed by atoms with Crippen LogP contribution in [0, 0.1) is 10.1 Å². The highest BCUT2D eigenvalue weighted by Gasteiger charge is 2.13. The second kappa shape index (κ2) is 11.4. The van der Waals surface area contributed by atoms with Crippen molar-refractivity contribution in [2.45, 2.75) is 0 Å². The number of hydrazone groups is 1.